The van der Waals surface area contributed by atoms with Crippen molar-refractivity contribution in [2.24, 2.45) is 0 Å². The molecule has 2 aromatic rings. The van der Waals surface area contributed by atoms with Gasteiger partial charge in [-0.1, -0.05) is 18.2 Å². The molecule has 1 aromatic carbocycles. The van der Waals surface area contributed by atoms with Crippen molar-refractivity contribution in [3.63, 3.8) is 0 Å². The summed E-state index contributed by atoms with van der Waals surface area (Å²) >= 11 is 0.779. The molecule has 0 saturated heterocycles. The van der Waals surface area contributed by atoms with Crippen LogP contribution in [0, 0.1) is 0 Å². The third kappa shape index (κ3) is 2.42. The Morgan fingerprint density at radius 3 is 2.76 bits per heavy atom. The Labute approximate surface area is 101 Å². The summed E-state index contributed by atoms with van der Waals surface area (Å²) in [5, 5.41) is 4.02. The molecule has 1 aromatic heterocycles. The lowest BCUT2D eigenvalue weighted by molar-refractivity contribution is 0.0524. The maximum atomic E-state index is 11.7. The first-order chi connectivity index (χ1) is 8.22. The number of carbonyl (C=O) groups is 1. The maximum Gasteiger partial charge on any atom is 0.369 e. The zero-order chi connectivity index (χ0) is 12.3. The monoisotopic (exact) mass is 250 g/mol. The minimum Gasteiger partial charge on any atom is -0.461 e. The second-order valence-electron chi connectivity index (χ2n) is 3.14. The van der Waals surface area contributed by atoms with Gasteiger partial charge in [0.25, 0.3) is 0 Å². The third-order valence-corrected chi connectivity index (χ3v) is 2.79. The van der Waals surface area contributed by atoms with E-state index in [0.29, 0.717) is 5.69 Å². The number of ether oxygens (including phenoxy) is 1. The highest BCUT2D eigenvalue weighted by Crippen LogP contribution is 2.07. The van der Waals surface area contributed by atoms with Gasteiger partial charge in [-0.15, -0.1) is 5.10 Å². The quantitative estimate of drug-likeness (QED) is 0.774. The van der Waals surface area contributed by atoms with E-state index in [9.17, 15) is 9.59 Å². The first-order valence-corrected chi connectivity index (χ1v) is 5.86. The molecule has 1 heterocycles. The zero-order valence-electron chi connectivity index (χ0n) is 9.12. The van der Waals surface area contributed by atoms with Gasteiger partial charge in [0.15, 0.2) is 0 Å². The van der Waals surface area contributed by atoms with Gasteiger partial charge in [0.05, 0.1) is 12.3 Å². The maximum absolute atomic E-state index is 11.7. The molecule has 88 valence electrons. The molecule has 0 N–H and O–H groups in total. The van der Waals surface area contributed by atoms with E-state index in [1.54, 1.807) is 31.2 Å². The van der Waals surface area contributed by atoms with Crippen LogP contribution in [0.1, 0.15) is 16.7 Å². The number of carbonyl (C=O) groups excluding carboxylic acids is 1. The summed E-state index contributed by atoms with van der Waals surface area (Å²) < 4.78 is 5.98. The summed E-state index contributed by atoms with van der Waals surface area (Å²) in [5.74, 6) is -0.565. The molecule has 0 saturated carbocycles. The molecular formula is C11H10N2O3S. The Hall–Kier alpha value is -1.95. The Morgan fingerprint density at radius 1 is 1.41 bits per heavy atom. The van der Waals surface area contributed by atoms with Crippen LogP contribution in [-0.4, -0.2) is 22.4 Å². The third-order valence-electron chi connectivity index (χ3n) is 2.00. The molecule has 0 fully saturated rings. The SMILES string of the molecule is CCOC(=O)c1nn(-c2ccccc2)c(=O)s1. The average Bonchev–Trinajstić information content (AvgIpc) is 2.73. The summed E-state index contributed by atoms with van der Waals surface area (Å²) in [6, 6.07) is 8.93. The second-order valence-corrected chi connectivity index (χ2v) is 4.08. The molecule has 0 amide bonds. The molecule has 0 atom stereocenters. The van der Waals surface area contributed by atoms with Crippen LogP contribution >= 0.6 is 11.3 Å². The standard InChI is InChI=1S/C11H10N2O3S/c1-2-16-10(14)9-12-13(11(15)17-9)8-6-4-3-5-7-8/h3-7H,2H2,1H3. The Bertz CT molecular complexity index is 574. The molecule has 0 unspecified atom stereocenters. The van der Waals surface area contributed by atoms with E-state index >= 15 is 0 Å². The topological polar surface area (TPSA) is 61.2 Å². The Balaban J connectivity index is 2.38. The summed E-state index contributed by atoms with van der Waals surface area (Å²) in [6.45, 7) is 1.97. The molecule has 0 bridgehead atoms. The number of aromatic nitrogens is 2. The zero-order valence-corrected chi connectivity index (χ0v) is 9.94. The van der Waals surface area contributed by atoms with E-state index in [1.807, 2.05) is 6.07 Å². The largest absolute Gasteiger partial charge is 0.461 e. The predicted octanol–water partition coefficient (Wildman–Crippen LogP) is 1.47. The van der Waals surface area contributed by atoms with Crippen LogP contribution in [0.5, 0.6) is 0 Å². The molecule has 0 radical (unpaired) electrons. The van der Waals surface area contributed by atoms with Gasteiger partial charge in [-0.05, 0) is 30.4 Å². The number of benzene rings is 1. The van der Waals surface area contributed by atoms with Crippen molar-refractivity contribution < 1.29 is 9.53 Å². The first-order valence-electron chi connectivity index (χ1n) is 5.05. The van der Waals surface area contributed by atoms with Crippen molar-refractivity contribution in [3.8, 4) is 5.69 Å². The summed E-state index contributed by atoms with van der Waals surface area (Å²) in [6.07, 6.45) is 0. The number of esters is 1. The van der Waals surface area contributed by atoms with E-state index in [1.165, 1.54) is 4.68 Å². The smallest absolute Gasteiger partial charge is 0.369 e. The molecule has 2 rings (SSSR count). The van der Waals surface area contributed by atoms with Crippen LogP contribution in [0.2, 0.25) is 0 Å². The minimum atomic E-state index is -0.565. The second kappa shape index (κ2) is 4.92. The highest BCUT2D eigenvalue weighted by atomic mass is 32.1. The van der Waals surface area contributed by atoms with Crippen molar-refractivity contribution in [1.82, 2.24) is 9.78 Å². The van der Waals surface area contributed by atoms with Gasteiger partial charge < -0.3 is 4.74 Å². The number of rotatable bonds is 3. The van der Waals surface area contributed by atoms with Crippen LogP contribution in [0.4, 0.5) is 0 Å². The predicted molar refractivity (Wildman–Crippen MR) is 63.7 cm³/mol. The minimum absolute atomic E-state index is 0.0701. The number of para-hydroxylation sites is 1. The van der Waals surface area contributed by atoms with Gasteiger partial charge in [-0.2, -0.15) is 4.68 Å². The highest BCUT2D eigenvalue weighted by Gasteiger charge is 2.15. The van der Waals surface area contributed by atoms with Crippen molar-refractivity contribution in [2.75, 3.05) is 6.61 Å². The molecule has 0 aliphatic heterocycles. The molecule has 6 heteroatoms. The van der Waals surface area contributed by atoms with Gasteiger partial charge in [0.2, 0.25) is 5.01 Å². The first kappa shape index (κ1) is 11.5. The molecule has 0 spiro atoms. The van der Waals surface area contributed by atoms with Gasteiger partial charge in [-0.3, -0.25) is 4.79 Å². The van der Waals surface area contributed by atoms with E-state index in [4.69, 9.17) is 4.74 Å². The van der Waals surface area contributed by atoms with Crippen molar-refractivity contribution in [3.05, 3.63) is 45.0 Å². The number of hydrogen-bond donors (Lipinski definition) is 0. The van der Waals surface area contributed by atoms with Crippen molar-refractivity contribution >= 4 is 17.3 Å². The number of hydrogen-bond acceptors (Lipinski definition) is 5. The molecule has 0 aliphatic carbocycles. The fourth-order valence-electron chi connectivity index (χ4n) is 1.29. The van der Waals surface area contributed by atoms with Crippen LogP contribution in [-0.2, 0) is 4.74 Å². The molecular weight excluding hydrogens is 240 g/mol. The van der Waals surface area contributed by atoms with Crippen molar-refractivity contribution in [2.45, 2.75) is 6.92 Å². The molecule has 17 heavy (non-hydrogen) atoms. The highest BCUT2D eigenvalue weighted by molar-refractivity contribution is 7.10. The molecule has 5 nitrogen and oxygen atoms in total. The lowest BCUT2D eigenvalue weighted by Gasteiger charge is -1.98. The fourth-order valence-corrected chi connectivity index (χ4v) is 1.95. The van der Waals surface area contributed by atoms with Crippen LogP contribution in [0.25, 0.3) is 5.69 Å². The summed E-state index contributed by atoms with van der Waals surface area (Å²) in [5.41, 5.74) is 0.629. The Kier molecular flexibility index (Phi) is 3.34. The van der Waals surface area contributed by atoms with Gasteiger partial charge in [0, 0.05) is 0 Å². The number of nitrogens with zero attached hydrogens (tertiary/aromatic N) is 2. The van der Waals surface area contributed by atoms with E-state index in [-0.39, 0.29) is 16.5 Å². The van der Waals surface area contributed by atoms with Gasteiger partial charge >= 0.3 is 10.8 Å². The van der Waals surface area contributed by atoms with E-state index in [2.05, 4.69) is 5.10 Å². The van der Waals surface area contributed by atoms with E-state index in [0.717, 1.165) is 11.3 Å². The van der Waals surface area contributed by atoms with Crippen molar-refractivity contribution in [1.29, 1.82) is 0 Å². The molecule has 0 aliphatic rings. The van der Waals surface area contributed by atoms with Gasteiger partial charge in [-0.25, -0.2) is 4.79 Å². The average molecular weight is 250 g/mol. The summed E-state index contributed by atoms with van der Waals surface area (Å²) in [4.78, 5) is 22.8. The van der Waals surface area contributed by atoms with Crippen LogP contribution in [0.15, 0.2) is 35.1 Å². The van der Waals surface area contributed by atoms with Gasteiger partial charge in [0.1, 0.15) is 0 Å². The van der Waals surface area contributed by atoms with Crippen LogP contribution < -0.4 is 4.87 Å². The fraction of sp³-hybridized carbons (Fsp3) is 0.182. The van der Waals surface area contributed by atoms with E-state index < -0.39 is 5.97 Å². The lowest BCUT2D eigenvalue weighted by atomic mass is 10.3. The Morgan fingerprint density at radius 2 is 2.12 bits per heavy atom. The lowest BCUT2D eigenvalue weighted by Crippen LogP contribution is -2.12. The summed E-state index contributed by atoms with van der Waals surface area (Å²) in [7, 11) is 0. The normalized spacial score (nSPS) is 10.2. The van der Waals surface area contributed by atoms with Crippen LogP contribution in [0.3, 0.4) is 0 Å².